The van der Waals surface area contributed by atoms with E-state index in [-0.39, 0.29) is 28.8 Å². The van der Waals surface area contributed by atoms with Crippen LogP contribution in [0.2, 0.25) is 0 Å². The maximum atomic E-state index is 12.9. The van der Waals surface area contributed by atoms with Gasteiger partial charge in [-0.2, -0.15) is 0 Å². The summed E-state index contributed by atoms with van der Waals surface area (Å²) in [6.45, 7) is 0.321. The summed E-state index contributed by atoms with van der Waals surface area (Å²) in [7, 11) is 5.33. The van der Waals surface area contributed by atoms with E-state index >= 15 is 0 Å². The van der Waals surface area contributed by atoms with Crippen LogP contribution in [-0.2, 0) is 0 Å². The number of hydrogen-bond donors (Lipinski definition) is 2. The Kier molecular flexibility index (Phi) is 6.49. The van der Waals surface area contributed by atoms with Crippen LogP contribution in [-0.4, -0.2) is 43.6 Å². The highest BCUT2D eigenvalue weighted by molar-refractivity contribution is 5.95. The third-order valence-electron chi connectivity index (χ3n) is 5.91. The van der Waals surface area contributed by atoms with Gasteiger partial charge in [0.2, 0.25) is 0 Å². The molecular formula is C26H26N4O4. The van der Waals surface area contributed by atoms with E-state index in [2.05, 4.69) is 28.5 Å². The number of nitro groups is 1. The fraction of sp³-hybridized carbons (Fsp3) is 0.192. The van der Waals surface area contributed by atoms with Gasteiger partial charge in [0.05, 0.1) is 12.0 Å². The zero-order valence-corrected chi connectivity index (χ0v) is 19.2. The van der Waals surface area contributed by atoms with Crippen LogP contribution in [0.3, 0.4) is 0 Å². The number of benzene rings is 3. The molecule has 0 spiro atoms. The molecule has 0 aliphatic rings. The Balaban J connectivity index is 1.64. The van der Waals surface area contributed by atoms with Gasteiger partial charge < -0.3 is 19.9 Å². The number of nitrogens with zero attached hydrogens (tertiary/aromatic N) is 2. The van der Waals surface area contributed by atoms with Crippen LogP contribution in [0.5, 0.6) is 5.75 Å². The number of methoxy groups -OCH3 is 1. The smallest absolute Gasteiger partial charge is 0.311 e. The summed E-state index contributed by atoms with van der Waals surface area (Å²) >= 11 is 0. The zero-order valence-electron chi connectivity index (χ0n) is 19.2. The molecule has 0 radical (unpaired) electrons. The van der Waals surface area contributed by atoms with E-state index in [1.807, 2.05) is 55.5 Å². The fourth-order valence-electron chi connectivity index (χ4n) is 4.07. The Morgan fingerprint density at radius 3 is 2.53 bits per heavy atom. The van der Waals surface area contributed by atoms with E-state index in [0.717, 1.165) is 27.7 Å². The molecule has 1 amide bonds. The SMILES string of the molecule is COc1ccc(C(=O)NCC(c2ccc(N(C)C)cc2)c2c[nH]c3ccccc23)cc1[N+](=O)[O-]. The number of hydrogen-bond acceptors (Lipinski definition) is 5. The maximum absolute atomic E-state index is 12.9. The predicted octanol–water partition coefficient (Wildman–Crippen LogP) is 4.71. The van der Waals surface area contributed by atoms with Gasteiger partial charge in [-0.3, -0.25) is 14.9 Å². The predicted molar refractivity (Wildman–Crippen MR) is 133 cm³/mol. The standard InChI is InChI=1S/C26H26N4O4/c1-29(2)19-11-8-17(9-12-19)21(22-16-27-23-7-5-4-6-20(22)23)15-28-26(31)18-10-13-25(34-3)24(14-18)30(32)33/h4-14,16,21,27H,15H2,1-3H3,(H,28,31). The van der Waals surface area contributed by atoms with Crippen molar-refractivity contribution in [3.8, 4) is 5.75 Å². The van der Waals surface area contributed by atoms with E-state index in [0.29, 0.717) is 6.54 Å². The normalized spacial score (nSPS) is 11.7. The van der Waals surface area contributed by atoms with Crippen LogP contribution in [0.25, 0.3) is 10.9 Å². The number of nitro benzene ring substituents is 1. The summed E-state index contributed by atoms with van der Waals surface area (Å²) in [5, 5.41) is 15.4. The Labute approximate surface area is 197 Å². The second-order valence-corrected chi connectivity index (χ2v) is 8.18. The first-order chi connectivity index (χ1) is 16.4. The summed E-state index contributed by atoms with van der Waals surface area (Å²) < 4.78 is 5.03. The number of nitrogens with one attached hydrogen (secondary N) is 2. The van der Waals surface area contributed by atoms with Crippen molar-refractivity contribution in [2.45, 2.75) is 5.92 Å². The molecule has 0 saturated heterocycles. The first-order valence-corrected chi connectivity index (χ1v) is 10.8. The summed E-state index contributed by atoms with van der Waals surface area (Å²) in [5.74, 6) is -0.399. The summed E-state index contributed by atoms with van der Waals surface area (Å²) in [6.07, 6.45) is 1.97. The van der Waals surface area contributed by atoms with Gasteiger partial charge in [-0.25, -0.2) is 0 Å². The van der Waals surface area contributed by atoms with Gasteiger partial charge in [0.25, 0.3) is 5.91 Å². The number of carbonyl (C=O) groups is 1. The Hall–Kier alpha value is -4.33. The highest BCUT2D eigenvalue weighted by atomic mass is 16.6. The van der Waals surface area contributed by atoms with Gasteiger partial charge in [-0.05, 0) is 41.5 Å². The molecule has 8 heteroatoms. The van der Waals surface area contributed by atoms with Gasteiger partial charge >= 0.3 is 5.69 Å². The molecule has 4 rings (SSSR count). The molecule has 1 unspecified atom stereocenters. The first kappa shape index (κ1) is 22.8. The lowest BCUT2D eigenvalue weighted by Gasteiger charge is -2.20. The molecular weight excluding hydrogens is 432 g/mol. The maximum Gasteiger partial charge on any atom is 0.311 e. The fourth-order valence-corrected chi connectivity index (χ4v) is 4.07. The molecule has 1 atom stereocenters. The number of aromatic amines is 1. The van der Waals surface area contributed by atoms with Gasteiger partial charge in [-0.15, -0.1) is 0 Å². The van der Waals surface area contributed by atoms with Crippen molar-refractivity contribution in [3.05, 3.63) is 99.7 Å². The number of rotatable bonds is 8. The van der Waals surface area contributed by atoms with E-state index < -0.39 is 4.92 Å². The molecule has 0 aliphatic carbocycles. The highest BCUT2D eigenvalue weighted by Crippen LogP contribution is 2.32. The minimum absolute atomic E-state index is 0.110. The number of fused-ring (bicyclic) bond motifs is 1. The quantitative estimate of drug-likeness (QED) is 0.294. The van der Waals surface area contributed by atoms with E-state index in [4.69, 9.17) is 4.74 Å². The lowest BCUT2D eigenvalue weighted by Crippen LogP contribution is -2.29. The second-order valence-electron chi connectivity index (χ2n) is 8.18. The van der Waals surface area contributed by atoms with Crippen molar-refractivity contribution in [3.63, 3.8) is 0 Å². The van der Waals surface area contributed by atoms with Crippen LogP contribution in [0, 0.1) is 10.1 Å². The van der Waals surface area contributed by atoms with Gasteiger partial charge in [-0.1, -0.05) is 30.3 Å². The van der Waals surface area contributed by atoms with Crippen molar-refractivity contribution >= 4 is 28.2 Å². The number of H-pyrrole nitrogens is 1. The van der Waals surface area contributed by atoms with E-state index in [1.54, 1.807) is 0 Å². The molecule has 2 N–H and O–H groups in total. The molecule has 34 heavy (non-hydrogen) atoms. The third-order valence-corrected chi connectivity index (χ3v) is 5.91. The molecule has 1 heterocycles. The van der Waals surface area contributed by atoms with Crippen LogP contribution in [0.4, 0.5) is 11.4 Å². The lowest BCUT2D eigenvalue weighted by atomic mass is 9.90. The molecule has 4 aromatic rings. The van der Waals surface area contributed by atoms with Crippen molar-refractivity contribution in [1.82, 2.24) is 10.3 Å². The van der Waals surface area contributed by atoms with Crippen molar-refractivity contribution < 1.29 is 14.5 Å². The molecule has 0 fully saturated rings. The number of amides is 1. The zero-order chi connectivity index (χ0) is 24.2. The lowest BCUT2D eigenvalue weighted by molar-refractivity contribution is -0.385. The van der Waals surface area contributed by atoms with Gasteiger partial charge in [0, 0.05) is 61.0 Å². The van der Waals surface area contributed by atoms with E-state index in [1.165, 1.54) is 25.3 Å². The first-order valence-electron chi connectivity index (χ1n) is 10.8. The Bertz CT molecular complexity index is 1330. The Morgan fingerprint density at radius 1 is 1.12 bits per heavy atom. The topological polar surface area (TPSA) is 100 Å². The number of para-hydroxylation sites is 1. The minimum atomic E-state index is -0.559. The van der Waals surface area contributed by atoms with Crippen LogP contribution in [0.1, 0.15) is 27.4 Å². The number of anilines is 1. The molecule has 3 aromatic carbocycles. The van der Waals surface area contributed by atoms with Crippen LogP contribution in [0.15, 0.2) is 72.9 Å². The largest absolute Gasteiger partial charge is 0.490 e. The van der Waals surface area contributed by atoms with Crippen LogP contribution < -0.4 is 15.0 Å². The highest BCUT2D eigenvalue weighted by Gasteiger charge is 2.22. The monoisotopic (exact) mass is 458 g/mol. The van der Waals surface area contributed by atoms with Gasteiger partial charge in [0.15, 0.2) is 5.75 Å². The van der Waals surface area contributed by atoms with Gasteiger partial charge in [0.1, 0.15) is 0 Å². The second kappa shape index (κ2) is 9.66. The summed E-state index contributed by atoms with van der Waals surface area (Å²) in [6, 6.07) is 20.4. The van der Waals surface area contributed by atoms with Crippen molar-refractivity contribution in [2.24, 2.45) is 0 Å². The minimum Gasteiger partial charge on any atom is -0.490 e. The summed E-state index contributed by atoms with van der Waals surface area (Å²) in [5.41, 5.74) is 4.17. The van der Waals surface area contributed by atoms with Crippen molar-refractivity contribution in [2.75, 3.05) is 32.6 Å². The average molecular weight is 459 g/mol. The molecule has 0 saturated carbocycles. The van der Waals surface area contributed by atoms with Crippen LogP contribution >= 0.6 is 0 Å². The molecule has 1 aromatic heterocycles. The number of ether oxygens (including phenoxy) is 1. The summed E-state index contributed by atoms with van der Waals surface area (Å²) in [4.78, 5) is 29.1. The average Bonchev–Trinajstić information content (AvgIpc) is 3.28. The van der Waals surface area contributed by atoms with Crippen molar-refractivity contribution in [1.29, 1.82) is 0 Å². The number of aromatic nitrogens is 1. The molecule has 0 bridgehead atoms. The third kappa shape index (κ3) is 4.56. The molecule has 174 valence electrons. The Morgan fingerprint density at radius 2 is 1.85 bits per heavy atom. The molecule has 0 aliphatic heterocycles. The van der Waals surface area contributed by atoms with E-state index in [9.17, 15) is 14.9 Å². The number of carbonyl (C=O) groups excluding carboxylic acids is 1. The molecule has 8 nitrogen and oxygen atoms in total.